The third kappa shape index (κ3) is 3.62. The van der Waals surface area contributed by atoms with Crippen molar-refractivity contribution in [2.45, 2.75) is 10.9 Å². The maximum absolute atomic E-state index is 11.2. The van der Waals surface area contributed by atoms with E-state index in [1.165, 1.54) is 12.1 Å². The van der Waals surface area contributed by atoms with Gasteiger partial charge in [0.2, 0.25) is 0 Å². The Morgan fingerprint density at radius 1 is 1.06 bits per heavy atom. The van der Waals surface area contributed by atoms with Gasteiger partial charge in [0, 0.05) is 12.1 Å². The number of thiazole rings is 1. The van der Waals surface area contributed by atoms with Crippen LogP contribution in [0.1, 0.15) is 5.01 Å². The zero-order valence-electron chi connectivity index (χ0n) is 16.4. The van der Waals surface area contributed by atoms with Crippen molar-refractivity contribution >= 4 is 50.0 Å². The van der Waals surface area contributed by atoms with Crippen LogP contribution in [0.25, 0.3) is 26.9 Å². The van der Waals surface area contributed by atoms with Gasteiger partial charge in [0.15, 0.2) is 5.16 Å². The molecule has 5 aromatic rings. The van der Waals surface area contributed by atoms with Gasteiger partial charge in [-0.3, -0.25) is 14.7 Å². The molecule has 0 bridgehead atoms. The van der Waals surface area contributed by atoms with Crippen LogP contribution in [0.4, 0.5) is 5.69 Å². The topological polar surface area (TPSA) is 83.1 Å². The first-order valence-corrected chi connectivity index (χ1v) is 11.2. The number of imidazole rings is 1. The molecule has 0 fully saturated rings. The summed E-state index contributed by atoms with van der Waals surface area (Å²) >= 11 is 3.20. The third-order valence-electron chi connectivity index (χ3n) is 4.81. The van der Waals surface area contributed by atoms with Crippen LogP contribution in [-0.4, -0.2) is 26.6 Å². The molecule has 0 atom stereocenters. The summed E-state index contributed by atoms with van der Waals surface area (Å²) in [7, 11) is 1.62. The molecule has 2 heterocycles. The van der Waals surface area contributed by atoms with Crippen molar-refractivity contribution in [1.82, 2.24) is 14.5 Å². The fraction of sp³-hybridized carbons (Fsp3) is 0.0909. The summed E-state index contributed by atoms with van der Waals surface area (Å²) < 4.78 is 8.69. The van der Waals surface area contributed by atoms with Crippen molar-refractivity contribution in [2.24, 2.45) is 0 Å². The Kier molecular flexibility index (Phi) is 5.05. The van der Waals surface area contributed by atoms with Gasteiger partial charge in [-0.1, -0.05) is 36.0 Å². The van der Waals surface area contributed by atoms with Gasteiger partial charge in [-0.05, 0) is 30.3 Å². The van der Waals surface area contributed by atoms with Gasteiger partial charge in [-0.2, -0.15) is 0 Å². The molecule has 3 aromatic carbocycles. The van der Waals surface area contributed by atoms with Gasteiger partial charge >= 0.3 is 0 Å². The van der Waals surface area contributed by atoms with Gasteiger partial charge in [-0.15, -0.1) is 11.3 Å². The van der Waals surface area contributed by atoms with E-state index in [-0.39, 0.29) is 5.69 Å². The van der Waals surface area contributed by atoms with Gasteiger partial charge < -0.3 is 4.74 Å². The molecule has 9 heteroatoms. The SMILES string of the molecule is COc1ccccc1-n1c(SCc2nc3ccccc3s2)nc2cc([N+](=O)[O-])ccc21. The first-order chi connectivity index (χ1) is 15.1. The molecule has 154 valence electrons. The number of nitro benzene ring substituents is 1. The van der Waals surface area contributed by atoms with E-state index >= 15 is 0 Å². The van der Waals surface area contributed by atoms with Crippen LogP contribution in [0.5, 0.6) is 5.75 Å². The normalized spacial score (nSPS) is 11.3. The number of benzene rings is 3. The molecule has 2 aromatic heterocycles. The lowest BCUT2D eigenvalue weighted by atomic mass is 10.2. The standard InChI is InChI=1S/C22H16N4O3S2/c1-29-19-8-4-3-7-18(19)25-17-11-10-14(26(27)28)12-16(17)24-22(25)30-13-21-23-15-6-2-5-9-20(15)31-21/h2-12H,13H2,1H3. The lowest BCUT2D eigenvalue weighted by Crippen LogP contribution is -2.00. The average Bonchev–Trinajstić information content (AvgIpc) is 3.37. The van der Waals surface area contributed by atoms with Gasteiger partial charge in [-0.25, -0.2) is 9.97 Å². The Balaban J connectivity index is 1.60. The third-order valence-corrected chi connectivity index (χ3v) is 6.98. The Bertz CT molecular complexity index is 1390. The van der Waals surface area contributed by atoms with E-state index in [0.29, 0.717) is 17.0 Å². The van der Waals surface area contributed by atoms with E-state index in [2.05, 4.69) is 6.07 Å². The number of fused-ring (bicyclic) bond motifs is 2. The van der Waals surface area contributed by atoms with E-state index in [1.54, 1.807) is 36.3 Å². The van der Waals surface area contributed by atoms with Crippen molar-refractivity contribution < 1.29 is 9.66 Å². The summed E-state index contributed by atoms with van der Waals surface area (Å²) in [5.74, 6) is 1.34. The molecular formula is C22H16N4O3S2. The molecule has 0 spiro atoms. The van der Waals surface area contributed by atoms with Gasteiger partial charge in [0.05, 0.1) is 44.7 Å². The molecule has 0 aliphatic rings. The van der Waals surface area contributed by atoms with Crippen molar-refractivity contribution in [3.63, 3.8) is 0 Å². The molecule has 5 rings (SSSR count). The number of ether oxygens (including phenoxy) is 1. The van der Waals surface area contributed by atoms with Crippen molar-refractivity contribution in [2.75, 3.05) is 7.11 Å². The molecule has 0 aliphatic carbocycles. The maximum atomic E-state index is 11.2. The number of hydrogen-bond donors (Lipinski definition) is 0. The quantitative estimate of drug-likeness (QED) is 0.184. The van der Waals surface area contributed by atoms with E-state index in [1.807, 2.05) is 47.0 Å². The summed E-state index contributed by atoms with van der Waals surface area (Å²) in [6.45, 7) is 0. The lowest BCUT2D eigenvalue weighted by molar-refractivity contribution is -0.384. The number of nitro groups is 1. The van der Waals surface area contributed by atoms with E-state index in [9.17, 15) is 10.1 Å². The summed E-state index contributed by atoms with van der Waals surface area (Å²) in [5, 5.41) is 13.0. The van der Waals surface area contributed by atoms with Crippen molar-refractivity contribution in [3.8, 4) is 11.4 Å². The second kappa shape index (κ2) is 8.01. The Hall–Kier alpha value is -3.43. The van der Waals surface area contributed by atoms with Crippen LogP contribution in [0.15, 0.2) is 71.9 Å². The number of aromatic nitrogens is 3. The maximum Gasteiger partial charge on any atom is 0.271 e. The second-order valence-corrected chi connectivity index (χ2v) is 8.75. The smallest absolute Gasteiger partial charge is 0.271 e. The van der Waals surface area contributed by atoms with Crippen LogP contribution in [0.3, 0.4) is 0 Å². The number of methoxy groups -OCH3 is 1. The first kappa shape index (κ1) is 19.5. The van der Waals surface area contributed by atoms with E-state index < -0.39 is 4.92 Å². The minimum atomic E-state index is -0.407. The highest BCUT2D eigenvalue weighted by Gasteiger charge is 2.19. The molecule has 0 saturated heterocycles. The zero-order chi connectivity index (χ0) is 21.4. The Morgan fingerprint density at radius 3 is 2.68 bits per heavy atom. The van der Waals surface area contributed by atoms with Crippen molar-refractivity contribution in [1.29, 1.82) is 0 Å². The summed E-state index contributed by atoms with van der Waals surface area (Å²) in [4.78, 5) is 20.3. The van der Waals surface area contributed by atoms with Crippen LogP contribution >= 0.6 is 23.1 Å². The molecule has 0 aliphatic heterocycles. The van der Waals surface area contributed by atoms with Crippen LogP contribution in [-0.2, 0) is 5.75 Å². The number of hydrogen-bond acceptors (Lipinski definition) is 7. The average molecular weight is 449 g/mol. The molecule has 0 saturated carbocycles. The summed E-state index contributed by atoms with van der Waals surface area (Å²) in [5.41, 5.74) is 3.17. The molecule has 7 nitrogen and oxygen atoms in total. The zero-order valence-corrected chi connectivity index (χ0v) is 18.0. The van der Waals surface area contributed by atoms with Crippen LogP contribution in [0.2, 0.25) is 0 Å². The van der Waals surface area contributed by atoms with Crippen LogP contribution < -0.4 is 4.74 Å². The van der Waals surface area contributed by atoms with Crippen LogP contribution in [0, 0.1) is 10.1 Å². The van der Waals surface area contributed by atoms with Gasteiger partial charge in [0.1, 0.15) is 10.8 Å². The predicted molar refractivity (Wildman–Crippen MR) is 123 cm³/mol. The molecule has 0 unspecified atom stereocenters. The summed E-state index contributed by atoms with van der Waals surface area (Å²) in [6, 6.07) is 20.4. The van der Waals surface area contributed by atoms with E-state index in [0.717, 1.165) is 31.6 Å². The minimum Gasteiger partial charge on any atom is -0.495 e. The highest BCUT2D eigenvalue weighted by Crippen LogP contribution is 2.35. The number of thioether (sulfide) groups is 1. The highest BCUT2D eigenvalue weighted by atomic mass is 32.2. The fourth-order valence-electron chi connectivity index (χ4n) is 3.41. The molecule has 0 N–H and O–H groups in total. The molecule has 0 radical (unpaired) electrons. The fourth-order valence-corrected chi connectivity index (χ4v) is 5.39. The molecule has 31 heavy (non-hydrogen) atoms. The highest BCUT2D eigenvalue weighted by molar-refractivity contribution is 7.98. The predicted octanol–water partition coefficient (Wildman–Crippen LogP) is 5.84. The monoisotopic (exact) mass is 448 g/mol. The largest absolute Gasteiger partial charge is 0.495 e. The second-order valence-electron chi connectivity index (χ2n) is 6.70. The summed E-state index contributed by atoms with van der Waals surface area (Å²) in [6.07, 6.45) is 0. The van der Waals surface area contributed by atoms with Gasteiger partial charge in [0.25, 0.3) is 5.69 Å². The Labute approximate surface area is 185 Å². The molecule has 0 amide bonds. The number of para-hydroxylation sites is 3. The van der Waals surface area contributed by atoms with Crippen molar-refractivity contribution in [3.05, 3.63) is 81.9 Å². The number of non-ortho nitro benzene ring substituents is 1. The Morgan fingerprint density at radius 2 is 1.87 bits per heavy atom. The first-order valence-electron chi connectivity index (χ1n) is 9.41. The number of rotatable bonds is 6. The minimum absolute atomic E-state index is 0.0138. The number of nitrogens with zero attached hydrogens (tertiary/aromatic N) is 4. The van der Waals surface area contributed by atoms with E-state index in [4.69, 9.17) is 14.7 Å². The lowest BCUT2D eigenvalue weighted by Gasteiger charge is -2.12. The molecular weight excluding hydrogens is 432 g/mol.